The molecular formula is C53H35NS2. The first-order chi connectivity index (χ1) is 27.5. The Morgan fingerprint density at radius 1 is 0.393 bits per heavy atom. The maximum Gasteiger partial charge on any atom is 0.0468 e. The zero-order valence-electron chi connectivity index (χ0n) is 31.0. The molecule has 0 N–H and O–H groups in total. The highest BCUT2D eigenvalue weighted by Gasteiger charge is 2.35. The largest absolute Gasteiger partial charge is 0.310 e. The quantitative estimate of drug-likeness (QED) is 0.173. The van der Waals surface area contributed by atoms with Gasteiger partial charge in [0.2, 0.25) is 0 Å². The van der Waals surface area contributed by atoms with Gasteiger partial charge in [-0.3, -0.25) is 0 Å². The molecule has 0 amide bonds. The van der Waals surface area contributed by atoms with E-state index in [4.69, 9.17) is 0 Å². The zero-order chi connectivity index (χ0) is 37.1. The number of hydrogen-bond donors (Lipinski definition) is 0. The number of thiophene rings is 2. The van der Waals surface area contributed by atoms with Gasteiger partial charge in [-0.05, 0) is 122 Å². The maximum absolute atomic E-state index is 2.44. The summed E-state index contributed by atoms with van der Waals surface area (Å²) >= 11 is 3.85. The minimum atomic E-state index is -0.0900. The van der Waals surface area contributed by atoms with Gasteiger partial charge < -0.3 is 4.90 Å². The highest BCUT2D eigenvalue weighted by atomic mass is 32.1. The highest BCUT2D eigenvalue weighted by molar-refractivity contribution is 7.29. The molecule has 2 heterocycles. The lowest BCUT2D eigenvalue weighted by Gasteiger charge is -2.28. The van der Waals surface area contributed by atoms with Gasteiger partial charge in [0.15, 0.2) is 0 Å². The van der Waals surface area contributed by atoms with Gasteiger partial charge in [0, 0.05) is 62.8 Å². The standard InChI is InChI=1S/C53H35NS2/c1-53(2)46-15-9-8-14-41(46)42-23-22-40(31-47(42)53)54(38-19-16-33(17-20-38)32-10-4-3-5-11-32)39-21-18-36-27-44-43-24-25-48-51(52(43)56-49(44)30-37(36)26-39)45-28-34-12-6-7-13-35(34)29-50(45)55-48/h3-31H,1-2H3. The third kappa shape index (κ3) is 4.71. The van der Waals surface area contributed by atoms with Gasteiger partial charge in [0.05, 0.1) is 0 Å². The van der Waals surface area contributed by atoms with E-state index in [2.05, 4.69) is 195 Å². The van der Waals surface area contributed by atoms with Crippen LogP contribution in [0.1, 0.15) is 25.0 Å². The lowest BCUT2D eigenvalue weighted by atomic mass is 9.82. The molecule has 264 valence electrons. The first-order valence-corrected chi connectivity index (χ1v) is 21.0. The SMILES string of the molecule is CC1(C)c2ccccc2-c2ccc(N(c3ccc(-c4ccccc4)cc3)c3ccc4cc5c(cc4c3)sc3c5ccc4sc5cc6ccccc6cc5c43)cc21. The second kappa shape index (κ2) is 11.9. The summed E-state index contributed by atoms with van der Waals surface area (Å²) in [6.45, 7) is 4.73. The molecule has 0 fully saturated rings. The van der Waals surface area contributed by atoms with Crippen molar-refractivity contribution in [3.05, 3.63) is 187 Å². The fourth-order valence-electron chi connectivity index (χ4n) is 9.36. The molecule has 1 nitrogen and oxygen atoms in total. The Hall–Kier alpha value is -6.26. The Morgan fingerprint density at radius 2 is 1.02 bits per heavy atom. The van der Waals surface area contributed by atoms with Crippen LogP contribution in [0.25, 0.3) is 84.1 Å². The Balaban J connectivity index is 1.03. The Bertz CT molecular complexity index is 3380. The van der Waals surface area contributed by atoms with Crippen molar-refractivity contribution in [2.75, 3.05) is 4.90 Å². The van der Waals surface area contributed by atoms with Gasteiger partial charge in [-0.2, -0.15) is 0 Å². The molecule has 0 unspecified atom stereocenters. The average Bonchev–Trinajstić information content (AvgIpc) is 3.86. The predicted molar refractivity (Wildman–Crippen MR) is 245 cm³/mol. The van der Waals surface area contributed by atoms with E-state index in [0.29, 0.717) is 0 Å². The first kappa shape index (κ1) is 32.0. The van der Waals surface area contributed by atoms with Crippen LogP contribution in [0.3, 0.4) is 0 Å². The van der Waals surface area contributed by atoms with Crippen molar-refractivity contribution in [2.45, 2.75) is 19.3 Å². The maximum atomic E-state index is 2.44. The molecule has 0 radical (unpaired) electrons. The van der Waals surface area contributed by atoms with Gasteiger partial charge in [0.1, 0.15) is 0 Å². The van der Waals surface area contributed by atoms with Crippen LogP contribution in [-0.4, -0.2) is 0 Å². The normalized spacial score (nSPS) is 13.3. The smallest absolute Gasteiger partial charge is 0.0468 e. The Labute approximate surface area is 333 Å². The molecule has 0 saturated heterocycles. The molecule has 12 rings (SSSR count). The second-order valence-electron chi connectivity index (χ2n) is 15.7. The Kier molecular flexibility index (Phi) is 6.79. The number of rotatable bonds is 4. The third-order valence-electron chi connectivity index (χ3n) is 12.2. The molecule has 0 aliphatic heterocycles. The van der Waals surface area contributed by atoms with Crippen LogP contribution < -0.4 is 4.90 Å². The summed E-state index contributed by atoms with van der Waals surface area (Å²) in [5, 5.41) is 10.5. The van der Waals surface area contributed by atoms with Gasteiger partial charge >= 0.3 is 0 Å². The van der Waals surface area contributed by atoms with Crippen molar-refractivity contribution in [3.8, 4) is 22.3 Å². The summed E-state index contributed by atoms with van der Waals surface area (Å²) in [5.74, 6) is 0. The van der Waals surface area contributed by atoms with E-state index in [1.807, 2.05) is 22.7 Å². The van der Waals surface area contributed by atoms with Crippen molar-refractivity contribution in [2.24, 2.45) is 0 Å². The molecule has 1 aliphatic rings. The number of nitrogens with zero attached hydrogens (tertiary/aromatic N) is 1. The molecule has 11 aromatic rings. The number of anilines is 3. The topological polar surface area (TPSA) is 3.24 Å². The minimum Gasteiger partial charge on any atom is -0.310 e. The molecular weight excluding hydrogens is 715 g/mol. The van der Waals surface area contributed by atoms with Gasteiger partial charge in [0.25, 0.3) is 0 Å². The molecule has 2 aromatic heterocycles. The van der Waals surface area contributed by atoms with Crippen LogP contribution in [0.5, 0.6) is 0 Å². The van der Waals surface area contributed by atoms with Gasteiger partial charge in [-0.25, -0.2) is 0 Å². The molecule has 0 atom stereocenters. The number of fused-ring (bicyclic) bond motifs is 12. The van der Waals surface area contributed by atoms with Crippen LogP contribution in [0, 0.1) is 0 Å². The van der Waals surface area contributed by atoms with Crippen LogP contribution >= 0.6 is 22.7 Å². The van der Waals surface area contributed by atoms with Crippen molar-refractivity contribution >= 4 is 102 Å². The van der Waals surface area contributed by atoms with Crippen LogP contribution in [0.4, 0.5) is 17.1 Å². The van der Waals surface area contributed by atoms with Crippen molar-refractivity contribution < 1.29 is 0 Å². The fourth-order valence-corrected chi connectivity index (χ4v) is 11.9. The average molecular weight is 750 g/mol. The van der Waals surface area contributed by atoms with Crippen LogP contribution in [-0.2, 0) is 5.41 Å². The van der Waals surface area contributed by atoms with E-state index in [-0.39, 0.29) is 5.41 Å². The highest BCUT2D eigenvalue weighted by Crippen LogP contribution is 2.51. The van der Waals surface area contributed by atoms with E-state index in [1.54, 1.807) is 0 Å². The lowest BCUT2D eigenvalue weighted by molar-refractivity contribution is 0.660. The van der Waals surface area contributed by atoms with Gasteiger partial charge in [-0.1, -0.05) is 123 Å². The third-order valence-corrected chi connectivity index (χ3v) is 14.5. The molecule has 0 saturated carbocycles. The van der Waals surface area contributed by atoms with Crippen molar-refractivity contribution in [1.29, 1.82) is 0 Å². The predicted octanol–water partition coefficient (Wildman–Crippen LogP) is 16.2. The van der Waals surface area contributed by atoms with E-state index in [0.717, 1.165) is 11.4 Å². The van der Waals surface area contributed by atoms with E-state index in [1.165, 1.54) is 101 Å². The summed E-state index contributed by atoms with van der Waals surface area (Å²) < 4.78 is 5.43. The number of hydrogen-bond acceptors (Lipinski definition) is 3. The summed E-state index contributed by atoms with van der Waals surface area (Å²) in [5.41, 5.74) is 11.2. The molecule has 0 spiro atoms. The monoisotopic (exact) mass is 749 g/mol. The summed E-state index contributed by atoms with van der Waals surface area (Å²) in [7, 11) is 0. The minimum absolute atomic E-state index is 0.0900. The molecule has 9 aromatic carbocycles. The van der Waals surface area contributed by atoms with Gasteiger partial charge in [-0.15, -0.1) is 22.7 Å². The van der Waals surface area contributed by atoms with Crippen molar-refractivity contribution in [1.82, 2.24) is 0 Å². The van der Waals surface area contributed by atoms with E-state index >= 15 is 0 Å². The lowest BCUT2D eigenvalue weighted by Crippen LogP contribution is -2.16. The zero-order valence-corrected chi connectivity index (χ0v) is 32.6. The van der Waals surface area contributed by atoms with E-state index < -0.39 is 0 Å². The fraction of sp³-hybridized carbons (Fsp3) is 0.0566. The summed E-state index contributed by atoms with van der Waals surface area (Å²) in [6.07, 6.45) is 0. The number of benzene rings is 9. The van der Waals surface area contributed by atoms with Crippen molar-refractivity contribution in [3.63, 3.8) is 0 Å². The molecule has 3 heteroatoms. The second-order valence-corrected chi connectivity index (χ2v) is 17.9. The Morgan fingerprint density at radius 3 is 1.88 bits per heavy atom. The van der Waals surface area contributed by atoms with Crippen LogP contribution in [0.15, 0.2) is 176 Å². The van der Waals surface area contributed by atoms with E-state index in [9.17, 15) is 0 Å². The summed E-state index contributed by atoms with van der Waals surface area (Å²) in [6, 6.07) is 65.7. The molecule has 0 bridgehead atoms. The van der Waals surface area contributed by atoms with Crippen LogP contribution in [0.2, 0.25) is 0 Å². The molecule has 1 aliphatic carbocycles. The first-order valence-electron chi connectivity index (χ1n) is 19.3. The summed E-state index contributed by atoms with van der Waals surface area (Å²) in [4.78, 5) is 2.44. The molecule has 56 heavy (non-hydrogen) atoms.